The summed E-state index contributed by atoms with van der Waals surface area (Å²) >= 11 is 0. The number of hydrogen-bond acceptors (Lipinski definition) is 2. The molecule has 0 aromatic carbocycles. The third kappa shape index (κ3) is 5.08. The normalized spacial score (nSPS) is 11.4. The van der Waals surface area contributed by atoms with E-state index in [1.54, 1.807) is 6.26 Å². The second kappa shape index (κ2) is 7.58. The average Bonchev–Trinajstić information content (AvgIpc) is 2.80. The van der Waals surface area contributed by atoms with Gasteiger partial charge in [-0.2, -0.15) is 0 Å². The number of nitrogens with zero attached hydrogens (tertiary/aromatic N) is 2. The molecule has 0 saturated carbocycles. The van der Waals surface area contributed by atoms with E-state index in [2.05, 4.69) is 28.7 Å². The molecule has 4 heteroatoms. The Morgan fingerprint density at radius 1 is 1.56 bits per heavy atom. The van der Waals surface area contributed by atoms with E-state index in [9.17, 15) is 0 Å². The van der Waals surface area contributed by atoms with Crippen LogP contribution in [0.3, 0.4) is 0 Å². The van der Waals surface area contributed by atoms with E-state index in [-0.39, 0.29) is 0 Å². The average molecular weight is 249 g/mol. The summed E-state index contributed by atoms with van der Waals surface area (Å²) in [4.78, 5) is 6.65. The van der Waals surface area contributed by atoms with Crippen LogP contribution in [0, 0.1) is 0 Å². The van der Waals surface area contributed by atoms with Gasteiger partial charge in [-0.15, -0.1) is 0 Å². The summed E-state index contributed by atoms with van der Waals surface area (Å²) in [7, 11) is 2.02. The largest absolute Gasteiger partial charge is 0.469 e. The molecule has 1 aromatic heterocycles. The van der Waals surface area contributed by atoms with Gasteiger partial charge in [-0.25, -0.2) is 0 Å². The summed E-state index contributed by atoms with van der Waals surface area (Å²) in [5, 5.41) is 3.27. The first-order valence-corrected chi connectivity index (χ1v) is 6.29. The van der Waals surface area contributed by atoms with Gasteiger partial charge in [-0.3, -0.25) is 4.99 Å². The second-order valence-electron chi connectivity index (χ2n) is 4.38. The van der Waals surface area contributed by atoms with Crippen LogP contribution >= 0.6 is 0 Å². The number of furan rings is 1. The van der Waals surface area contributed by atoms with Gasteiger partial charge < -0.3 is 14.6 Å². The summed E-state index contributed by atoms with van der Waals surface area (Å²) in [5.74, 6) is 1.88. The molecule has 0 unspecified atom stereocenters. The third-order valence-corrected chi connectivity index (χ3v) is 2.40. The van der Waals surface area contributed by atoms with Crippen LogP contribution in [0.4, 0.5) is 0 Å². The maximum Gasteiger partial charge on any atom is 0.193 e. The molecule has 1 heterocycles. The molecular formula is C14H23N3O. The standard InChI is InChI=1S/C14H23N3O/c1-5-15-14(17(4)11-12(2)3)16-9-8-13-7-6-10-18-13/h6-7,10H,2,5,8-9,11H2,1,3-4H3,(H,15,16). The summed E-state index contributed by atoms with van der Waals surface area (Å²) in [5.41, 5.74) is 1.12. The molecule has 0 aliphatic rings. The quantitative estimate of drug-likeness (QED) is 0.478. The van der Waals surface area contributed by atoms with Gasteiger partial charge in [-0.05, 0) is 26.0 Å². The Balaban J connectivity index is 2.51. The van der Waals surface area contributed by atoms with E-state index in [1.165, 1.54) is 0 Å². The van der Waals surface area contributed by atoms with Crippen LogP contribution in [0.25, 0.3) is 0 Å². The Morgan fingerprint density at radius 2 is 2.33 bits per heavy atom. The zero-order valence-electron chi connectivity index (χ0n) is 11.6. The highest BCUT2D eigenvalue weighted by atomic mass is 16.3. The van der Waals surface area contributed by atoms with Gasteiger partial charge in [0.05, 0.1) is 6.26 Å². The predicted octanol–water partition coefficient (Wildman–Crippen LogP) is 2.30. The first-order valence-electron chi connectivity index (χ1n) is 6.29. The van der Waals surface area contributed by atoms with Gasteiger partial charge in [0.2, 0.25) is 0 Å². The molecule has 18 heavy (non-hydrogen) atoms. The first kappa shape index (κ1) is 14.4. The number of guanidine groups is 1. The molecule has 1 rings (SSSR count). The maximum atomic E-state index is 5.28. The van der Waals surface area contributed by atoms with Gasteiger partial charge in [0, 0.05) is 33.1 Å². The van der Waals surface area contributed by atoms with Crippen LogP contribution < -0.4 is 5.32 Å². The first-order chi connectivity index (χ1) is 8.63. The highest BCUT2D eigenvalue weighted by Gasteiger charge is 2.05. The molecule has 0 bridgehead atoms. The fourth-order valence-electron chi connectivity index (χ4n) is 1.68. The predicted molar refractivity (Wildman–Crippen MR) is 75.8 cm³/mol. The lowest BCUT2D eigenvalue weighted by Gasteiger charge is -2.22. The molecule has 4 nitrogen and oxygen atoms in total. The van der Waals surface area contributed by atoms with Gasteiger partial charge in [-0.1, -0.05) is 12.2 Å². The van der Waals surface area contributed by atoms with Crippen molar-refractivity contribution in [2.75, 3.05) is 26.7 Å². The van der Waals surface area contributed by atoms with Crippen molar-refractivity contribution >= 4 is 5.96 Å². The van der Waals surface area contributed by atoms with Gasteiger partial charge >= 0.3 is 0 Å². The summed E-state index contributed by atoms with van der Waals surface area (Å²) < 4.78 is 5.28. The smallest absolute Gasteiger partial charge is 0.193 e. The molecule has 100 valence electrons. The minimum Gasteiger partial charge on any atom is -0.469 e. The number of aliphatic imine (C=N–C) groups is 1. The van der Waals surface area contributed by atoms with Crippen LogP contribution in [0.2, 0.25) is 0 Å². The van der Waals surface area contributed by atoms with Crippen LogP contribution in [-0.4, -0.2) is 37.5 Å². The van der Waals surface area contributed by atoms with Crippen LogP contribution in [0.5, 0.6) is 0 Å². The Hall–Kier alpha value is -1.71. The Morgan fingerprint density at radius 3 is 2.89 bits per heavy atom. The van der Waals surface area contributed by atoms with Crippen molar-refractivity contribution in [2.24, 2.45) is 4.99 Å². The van der Waals surface area contributed by atoms with Gasteiger partial charge in [0.1, 0.15) is 5.76 Å². The van der Waals surface area contributed by atoms with Crippen molar-refractivity contribution in [3.05, 3.63) is 36.3 Å². The zero-order chi connectivity index (χ0) is 13.4. The minimum atomic E-state index is 0.719. The van der Waals surface area contributed by atoms with Gasteiger partial charge in [0.15, 0.2) is 5.96 Å². The summed E-state index contributed by atoms with van der Waals surface area (Å²) in [6.07, 6.45) is 2.51. The Labute approximate surface area is 109 Å². The Bertz CT molecular complexity index is 382. The topological polar surface area (TPSA) is 40.8 Å². The molecule has 0 aliphatic heterocycles. The molecule has 0 saturated heterocycles. The zero-order valence-corrected chi connectivity index (χ0v) is 11.6. The van der Waals surface area contributed by atoms with E-state index in [0.717, 1.165) is 43.3 Å². The van der Waals surface area contributed by atoms with Crippen molar-refractivity contribution in [3.63, 3.8) is 0 Å². The highest BCUT2D eigenvalue weighted by molar-refractivity contribution is 5.79. The molecule has 0 fully saturated rings. The molecule has 0 radical (unpaired) electrons. The number of likely N-dealkylation sites (N-methyl/N-ethyl adjacent to an activating group) is 1. The maximum absolute atomic E-state index is 5.28. The third-order valence-electron chi connectivity index (χ3n) is 2.40. The van der Waals surface area contributed by atoms with Gasteiger partial charge in [0.25, 0.3) is 0 Å². The fraction of sp³-hybridized carbons (Fsp3) is 0.500. The Kier molecular flexibility index (Phi) is 6.05. The molecule has 0 spiro atoms. The van der Waals surface area contributed by atoms with E-state index < -0.39 is 0 Å². The fourth-order valence-corrected chi connectivity index (χ4v) is 1.68. The van der Waals surface area contributed by atoms with Crippen molar-refractivity contribution in [2.45, 2.75) is 20.3 Å². The number of nitrogens with one attached hydrogen (secondary N) is 1. The van der Waals surface area contributed by atoms with E-state index in [0.29, 0.717) is 0 Å². The summed E-state index contributed by atoms with van der Waals surface area (Å²) in [6, 6.07) is 3.87. The van der Waals surface area contributed by atoms with Crippen molar-refractivity contribution < 1.29 is 4.42 Å². The van der Waals surface area contributed by atoms with Crippen LogP contribution in [-0.2, 0) is 6.42 Å². The number of hydrogen-bond donors (Lipinski definition) is 1. The van der Waals surface area contributed by atoms with Crippen molar-refractivity contribution in [3.8, 4) is 0 Å². The van der Waals surface area contributed by atoms with Crippen molar-refractivity contribution in [1.29, 1.82) is 0 Å². The molecule has 0 amide bonds. The highest BCUT2D eigenvalue weighted by Crippen LogP contribution is 2.01. The SMILES string of the molecule is C=C(C)CN(C)C(=NCCc1ccco1)NCC. The molecule has 0 aliphatic carbocycles. The molecule has 1 aromatic rings. The number of rotatable bonds is 6. The lowest BCUT2D eigenvalue weighted by molar-refractivity contribution is 0.503. The molecular weight excluding hydrogens is 226 g/mol. The van der Waals surface area contributed by atoms with E-state index in [1.807, 2.05) is 26.1 Å². The van der Waals surface area contributed by atoms with E-state index in [4.69, 9.17) is 4.42 Å². The summed E-state index contributed by atoms with van der Waals surface area (Å²) in [6.45, 7) is 10.4. The minimum absolute atomic E-state index is 0.719. The monoisotopic (exact) mass is 249 g/mol. The lowest BCUT2D eigenvalue weighted by atomic mass is 10.3. The van der Waals surface area contributed by atoms with Crippen LogP contribution in [0.15, 0.2) is 40.0 Å². The lowest BCUT2D eigenvalue weighted by Crippen LogP contribution is -2.39. The van der Waals surface area contributed by atoms with Crippen LogP contribution in [0.1, 0.15) is 19.6 Å². The molecule has 1 N–H and O–H groups in total. The van der Waals surface area contributed by atoms with E-state index >= 15 is 0 Å². The molecule has 0 atom stereocenters. The second-order valence-corrected chi connectivity index (χ2v) is 4.38. The van der Waals surface area contributed by atoms with Crippen molar-refractivity contribution in [1.82, 2.24) is 10.2 Å².